The van der Waals surface area contributed by atoms with E-state index in [0.717, 1.165) is 17.3 Å². The molecule has 0 bridgehead atoms. The Morgan fingerprint density at radius 3 is 3.14 bits per heavy atom. The quantitative estimate of drug-likeness (QED) is 0.841. The number of thioether (sulfide) groups is 1. The summed E-state index contributed by atoms with van der Waals surface area (Å²) in [4.78, 5) is 3.96. The second kappa shape index (κ2) is 4.56. The van der Waals surface area contributed by atoms with Crippen LogP contribution in [0.25, 0.3) is 0 Å². The molecule has 0 unspecified atom stereocenters. The van der Waals surface area contributed by atoms with Crippen LogP contribution < -0.4 is 0 Å². The van der Waals surface area contributed by atoms with E-state index >= 15 is 0 Å². The topological polar surface area (TPSA) is 72.3 Å². The Morgan fingerprint density at radius 1 is 1.57 bits per heavy atom. The maximum absolute atomic E-state index is 4.09. The van der Waals surface area contributed by atoms with Gasteiger partial charge in [0.05, 0.1) is 12.7 Å². The van der Waals surface area contributed by atoms with Crippen LogP contribution in [-0.4, -0.2) is 35.9 Å². The first-order chi connectivity index (χ1) is 6.84. The van der Waals surface area contributed by atoms with Crippen LogP contribution >= 0.6 is 27.7 Å². The molecule has 0 amide bonds. The van der Waals surface area contributed by atoms with Crippen LogP contribution in [0.1, 0.15) is 0 Å². The average molecular weight is 275 g/mol. The molecule has 0 aromatic carbocycles. The fourth-order valence-corrected chi connectivity index (χ4v) is 1.90. The van der Waals surface area contributed by atoms with Crippen molar-refractivity contribution in [1.82, 2.24) is 30.2 Å². The molecule has 14 heavy (non-hydrogen) atoms. The summed E-state index contributed by atoms with van der Waals surface area (Å²) >= 11 is 4.81. The van der Waals surface area contributed by atoms with Crippen molar-refractivity contribution in [1.29, 1.82) is 0 Å². The van der Waals surface area contributed by atoms with Crippen LogP contribution in [-0.2, 0) is 6.54 Å². The lowest BCUT2D eigenvalue weighted by Crippen LogP contribution is -2.00. The van der Waals surface area contributed by atoms with E-state index in [1.54, 1.807) is 29.0 Å². The molecule has 8 heteroatoms. The molecule has 0 aliphatic heterocycles. The number of aromatic amines is 1. The van der Waals surface area contributed by atoms with E-state index in [-0.39, 0.29) is 0 Å². The minimum Gasteiger partial charge on any atom is -0.251 e. The third-order valence-corrected chi connectivity index (χ3v) is 2.71. The number of aromatic nitrogens is 6. The summed E-state index contributed by atoms with van der Waals surface area (Å²) in [7, 11) is 0. The molecule has 0 saturated heterocycles. The summed E-state index contributed by atoms with van der Waals surface area (Å²) in [5.41, 5.74) is 0. The number of H-pyrrole nitrogens is 1. The summed E-state index contributed by atoms with van der Waals surface area (Å²) in [5.74, 6) is 0.891. The monoisotopic (exact) mass is 274 g/mol. The van der Waals surface area contributed by atoms with Crippen LogP contribution in [0.3, 0.4) is 0 Å². The first kappa shape index (κ1) is 9.66. The standard InChI is InChI=1S/C6H7BrN6S/c7-6-8-4-13(11-6)1-2-14-5-3-9-12-10-5/h3-4H,1-2H2,(H,9,10,12). The van der Waals surface area contributed by atoms with Crippen molar-refractivity contribution < 1.29 is 0 Å². The van der Waals surface area contributed by atoms with Crippen LogP contribution in [0.4, 0.5) is 0 Å². The fraction of sp³-hybridized carbons (Fsp3) is 0.333. The van der Waals surface area contributed by atoms with Gasteiger partial charge in [0, 0.05) is 5.75 Å². The van der Waals surface area contributed by atoms with E-state index in [1.807, 2.05) is 0 Å². The number of halogens is 1. The minimum atomic E-state index is 0.615. The molecule has 0 aliphatic carbocycles. The minimum absolute atomic E-state index is 0.615. The van der Waals surface area contributed by atoms with Gasteiger partial charge in [0.1, 0.15) is 11.4 Å². The highest BCUT2D eigenvalue weighted by Crippen LogP contribution is 2.12. The molecular weight excluding hydrogens is 268 g/mol. The van der Waals surface area contributed by atoms with Gasteiger partial charge in [-0.05, 0) is 15.9 Å². The van der Waals surface area contributed by atoms with Gasteiger partial charge in [-0.25, -0.2) is 4.98 Å². The lowest BCUT2D eigenvalue weighted by Gasteiger charge is -1.97. The zero-order valence-corrected chi connectivity index (χ0v) is 9.49. The van der Waals surface area contributed by atoms with Gasteiger partial charge < -0.3 is 0 Å². The number of hydrogen-bond donors (Lipinski definition) is 1. The normalized spacial score (nSPS) is 10.6. The van der Waals surface area contributed by atoms with E-state index in [1.165, 1.54) is 0 Å². The number of aryl methyl sites for hydroxylation is 1. The van der Waals surface area contributed by atoms with Gasteiger partial charge in [0.2, 0.25) is 4.73 Å². The highest BCUT2D eigenvalue weighted by molar-refractivity contribution is 9.10. The summed E-state index contributed by atoms with van der Waals surface area (Å²) in [6, 6.07) is 0. The molecule has 0 atom stereocenters. The molecule has 1 N–H and O–H groups in total. The zero-order valence-electron chi connectivity index (χ0n) is 7.09. The van der Waals surface area contributed by atoms with Crippen molar-refractivity contribution >= 4 is 27.7 Å². The molecule has 0 saturated carbocycles. The first-order valence-corrected chi connectivity index (χ1v) is 5.66. The second-order valence-electron chi connectivity index (χ2n) is 2.43. The third kappa shape index (κ3) is 2.55. The molecule has 0 spiro atoms. The van der Waals surface area contributed by atoms with E-state index in [9.17, 15) is 0 Å². The van der Waals surface area contributed by atoms with Gasteiger partial charge in [-0.3, -0.25) is 4.68 Å². The summed E-state index contributed by atoms with van der Waals surface area (Å²) in [6.07, 6.45) is 3.38. The SMILES string of the molecule is Brc1ncn(CCSc2cn[nH]n2)n1. The number of rotatable bonds is 4. The lowest BCUT2D eigenvalue weighted by atomic mass is 10.8. The Balaban J connectivity index is 1.78. The van der Waals surface area contributed by atoms with Crippen LogP contribution in [0, 0.1) is 0 Å². The van der Waals surface area contributed by atoms with Gasteiger partial charge in [-0.15, -0.1) is 22.0 Å². The largest absolute Gasteiger partial charge is 0.251 e. The zero-order chi connectivity index (χ0) is 9.80. The Labute approximate surface area is 92.6 Å². The molecule has 2 heterocycles. The second-order valence-corrected chi connectivity index (χ2v) is 4.26. The molecule has 0 radical (unpaired) electrons. The smallest absolute Gasteiger partial charge is 0.217 e. The third-order valence-electron chi connectivity index (χ3n) is 1.47. The average Bonchev–Trinajstić information content (AvgIpc) is 2.77. The molecule has 2 aromatic heterocycles. The fourth-order valence-electron chi connectivity index (χ4n) is 0.884. The van der Waals surface area contributed by atoms with Crippen molar-refractivity contribution in [2.24, 2.45) is 0 Å². The van der Waals surface area contributed by atoms with Crippen molar-refractivity contribution in [3.05, 3.63) is 17.3 Å². The molecule has 2 rings (SSSR count). The van der Waals surface area contributed by atoms with Crippen LogP contribution in [0.15, 0.2) is 22.3 Å². The Hall–Kier alpha value is -0.890. The van der Waals surface area contributed by atoms with Crippen LogP contribution in [0.5, 0.6) is 0 Å². The van der Waals surface area contributed by atoms with E-state index in [0.29, 0.717) is 4.73 Å². The van der Waals surface area contributed by atoms with E-state index in [2.05, 4.69) is 41.4 Å². The first-order valence-electron chi connectivity index (χ1n) is 3.88. The highest BCUT2D eigenvalue weighted by Gasteiger charge is 1.99. The Morgan fingerprint density at radius 2 is 2.50 bits per heavy atom. The molecule has 0 aliphatic rings. The molecule has 0 fully saturated rings. The van der Waals surface area contributed by atoms with Crippen LogP contribution in [0.2, 0.25) is 0 Å². The van der Waals surface area contributed by atoms with Gasteiger partial charge in [0.15, 0.2) is 0 Å². The lowest BCUT2D eigenvalue weighted by molar-refractivity contribution is 0.660. The number of nitrogens with one attached hydrogen (secondary N) is 1. The summed E-state index contributed by atoms with van der Waals surface area (Å²) in [6.45, 7) is 0.802. The Kier molecular flexibility index (Phi) is 3.14. The molecule has 2 aromatic rings. The summed E-state index contributed by atoms with van der Waals surface area (Å²) < 4.78 is 2.39. The number of hydrogen-bond acceptors (Lipinski definition) is 5. The summed E-state index contributed by atoms with van der Waals surface area (Å²) in [5, 5.41) is 15.2. The molecule has 74 valence electrons. The predicted molar refractivity (Wildman–Crippen MR) is 54.8 cm³/mol. The highest BCUT2D eigenvalue weighted by atomic mass is 79.9. The number of nitrogens with zero attached hydrogens (tertiary/aromatic N) is 5. The van der Waals surface area contributed by atoms with Crippen molar-refractivity contribution in [3.63, 3.8) is 0 Å². The van der Waals surface area contributed by atoms with Crippen molar-refractivity contribution in [3.8, 4) is 0 Å². The van der Waals surface area contributed by atoms with Gasteiger partial charge >= 0.3 is 0 Å². The van der Waals surface area contributed by atoms with Gasteiger partial charge in [-0.2, -0.15) is 10.3 Å². The predicted octanol–water partition coefficient (Wildman–Crippen LogP) is 0.951. The van der Waals surface area contributed by atoms with E-state index < -0.39 is 0 Å². The molecular formula is C6H7BrN6S. The van der Waals surface area contributed by atoms with Gasteiger partial charge in [0.25, 0.3) is 0 Å². The van der Waals surface area contributed by atoms with Crippen molar-refractivity contribution in [2.45, 2.75) is 11.6 Å². The Bertz CT molecular complexity index is 385. The maximum atomic E-state index is 4.09. The molecule has 6 nitrogen and oxygen atoms in total. The van der Waals surface area contributed by atoms with Crippen molar-refractivity contribution in [2.75, 3.05) is 5.75 Å². The maximum Gasteiger partial charge on any atom is 0.217 e. The van der Waals surface area contributed by atoms with E-state index in [4.69, 9.17) is 0 Å². The van der Waals surface area contributed by atoms with Gasteiger partial charge in [-0.1, -0.05) is 0 Å².